The Kier molecular flexibility index (Phi) is 3.44. The molecule has 0 aliphatic rings. The van der Waals surface area contributed by atoms with Crippen LogP contribution in [0.5, 0.6) is 0 Å². The Bertz CT molecular complexity index is 285. The van der Waals surface area contributed by atoms with Crippen LogP contribution in [0.2, 0.25) is 0 Å². The van der Waals surface area contributed by atoms with E-state index >= 15 is 0 Å². The highest BCUT2D eigenvalue weighted by atomic mass is 32.1. The van der Waals surface area contributed by atoms with Crippen molar-refractivity contribution in [3.63, 3.8) is 0 Å². The second-order valence-corrected chi connectivity index (χ2v) is 4.62. The first-order chi connectivity index (χ1) is 6.06. The Morgan fingerprint density at radius 1 is 1.54 bits per heavy atom. The van der Waals surface area contributed by atoms with Crippen LogP contribution < -0.4 is 5.73 Å². The van der Waals surface area contributed by atoms with Gasteiger partial charge in [-0.15, -0.1) is 11.3 Å². The highest BCUT2D eigenvalue weighted by molar-refractivity contribution is 7.12. The Morgan fingerprint density at radius 3 is 2.54 bits per heavy atom. The van der Waals surface area contributed by atoms with Gasteiger partial charge in [-0.05, 0) is 25.5 Å². The highest BCUT2D eigenvalue weighted by Gasteiger charge is 2.19. The van der Waals surface area contributed by atoms with Gasteiger partial charge in [0.2, 0.25) is 0 Å². The molecule has 4 heteroatoms. The fraction of sp³-hybridized carbons (Fsp3) is 0.556. The molecule has 0 aromatic carbocycles. The largest absolute Gasteiger partial charge is 0.395 e. The van der Waals surface area contributed by atoms with Gasteiger partial charge >= 0.3 is 0 Å². The lowest BCUT2D eigenvalue weighted by Gasteiger charge is -2.16. The Morgan fingerprint density at radius 2 is 2.15 bits per heavy atom. The molecule has 1 aromatic rings. The number of aliphatic hydroxyl groups is 2. The summed E-state index contributed by atoms with van der Waals surface area (Å²) in [5.41, 5.74) is 6.37. The molecule has 0 radical (unpaired) electrons. The lowest BCUT2D eigenvalue weighted by Crippen LogP contribution is -2.31. The molecule has 2 atom stereocenters. The second-order valence-electron chi connectivity index (χ2n) is 3.16. The third-order valence-corrected chi connectivity index (χ3v) is 3.00. The number of nitrogens with two attached hydrogens (primary N) is 1. The van der Waals surface area contributed by atoms with Gasteiger partial charge in [0.15, 0.2) is 0 Å². The van der Waals surface area contributed by atoms with E-state index in [4.69, 9.17) is 10.8 Å². The zero-order valence-electron chi connectivity index (χ0n) is 7.82. The molecule has 2 unspecified atom stereocenters. The average Bonchev–Trinajstić information content (AvgIpc) is 2.42. The molecule has 0 spiro atoms. The van der Waals surface area contributed by atoms with E-state index in [0.29, 0.717) is 0 Å². The molecular formula is C9H15NO2S. The molecule has 0 bridgehead atoms. The molecule has 1 aromatic heterocycles. The summed E-state index contributed by atoms with van der Waals surface area (Å²) in [6, 6.07) is 1.33. The number of hydrogen-bond donors (Lipinski definition) is 3. The van der Waals surface area contributed by atoms with E-state index in [1.807, 2.05) is 19.9 Å². The number of rotatable bonds is 3. The van der Waals surface area contributed by atoms with E-state index in [9.17, 15) is 5.11 Å². The van der Waals surface area contributed by atoms with Crippen molar-refractivity contribution in [2.24, 2.45) is 5.73 Å². The minimum Gasteiger partial charge on any atom is -0.395 e. The molecule has 4 N–H and O–H groups in total. The summed E-state index contributed by atoms with van der Waals surface area (Å²) < 4.78 is 0. The van der Waals surface area contributed by atoms with E-state index in [2.05, 4.69) is 0 Å². The summed E-state index contributed by atoms with van der Waals surface area (Å²) in [6.45, 7) is 3.73. The van der Waals surface area contributed by atoms with Gasteiger partial charge in [0.1, 0.15) is 0 Å². The van der Waals surface area contributed by atoms with Crippen LogP contribution in [0, 0.1) is 13.8 Å². The first kappa shape index (κ1) is 10.7. The minimum absolute atomic E-state index is 0.199. The average molecular weight is 201 g/mol. The lowest BCUT2D eigenvalue weighted by molar-refractivity contribution is 0.109. The molecule has 1 heterocycles. The van der Waals surface area contributed by atoms with E-state index in [0.717, 1.165) is 15.3 Å². The van der Waals surface area contributed by atoms with Crippen LogP contribution in [0.4, 0.5) is 0 Å². The van der Waals surface area contributed by atoms with Crippen LogP contribution in [0.1, 0.15) is 21.4 Å². The predicted molar refractivity (Wildman–Crippen MR) is 53.8 cm³/mol. The van der Waals surface area contributed by atoms with Gasteiger partial charge < -0.3 is 15.9 Å². The molecule has 0 aliphatic carbocycles. The van der Waals surface area contributed by atoms with E-state index < -0.39 is 12.1 Å². The Hall–Kier alpha value is -0.420. The van der Waals surface area contributed by atoms with E-state index in [1.54, 1.807) is 11.3 Å². The third kappa shape index (κ3) is 2.28. The highest BCUT2D eigenvalue weighted by Crippen LogP contribution is 2.27. The van der Waals surface area contributed by atoms with Crippen molar-refractivity contribution in [3.8, 4) is 0 Å². The first-order valence-corrected chi connectivity index (χ1v) is 4.99. The number of hydrogen-bond acceptors (Lipinski definition) is 4. The van der Waals surface area contributed by atoms with Crippen LogP contribution in [-0.2, 0) is 0 Å². The van der Waals surface area contributed by atoms with Crippen LogP contribution >= 0.6 is 11.3 Å². The SMILES string of the molecule is Cc1cc(C(O)C(N)CO)c(C)s1. The van der Waals surface area contributed by atoms with Crippen LogP contribution in [0.25, 0.3) is 0 Å². The molecular weight excluding hydrogens is 186 g/mol. The maximum Gasteiger partial charge on any atom is 0.0974 e. The summed E-state index contributed by atoms with van der Waals surface area (Å²) in [4.78, 5) is 2.21. The van der Waals surface area contributed by atoms with Gasteiger partial charge in [-0.25, -0.2) is 0 Å². The van der Waals surface area contributed by atoms with E-state index in [1.165, 1.54) is 0 Å². The Balaban J connectivity index is 2.87. The summed E-state index contributed by atoms with van der Waals surface area (Å²) >= 11 is 1.63. The number of aliphatic hydroxyl groups excluding tert-OH is 2. The molecule has 0 aliphatic heterocycles. The van der Waals surface area contributed by atoms with Crippen LogP contribution in [-0.4, -0.2) is 22.9 Å². The van der Waals surface area contributed by atoms with Gasteiger partial charge in [0.25, 0.3) is 0 Å². The molecule has 74 valence electrons. The van der Waals surface area contributed by atoms with Gasteiger partial charge in [0.05, 0.1) is 18.8 Å². The normalized spacial score (nSPS) is 15.8. The van der Waals surface area contributed by atoms with Gasteiger partial charge in [-0.1, -0.05) is 0 Å². The molecule has 1 rings (SSSR count). The fourth-order valence-electron chi connectivity index (χ4n) is 1.27. The maximum atomic E-state index is 9.70. The summed E-state index contributed by atoms with van der Waals surface area (Å²) in [5.74, 6) is 0. The lowest BCUT2D eigenvalue weighted by atomic mass is 10.0. The van der Waals surface area contributed by atoms with Crippen molar-refractivity contribution in [1.29, 1.82) is 0 Å². The summed E-state index contributed by atoms with van der Waals surface area (Å²) in [6.07, 6.45) is -0.755. The van der Waals surface area contributed by atoms with Crippen LogP contribution in [0.3, 0.4) is 0 Å². The van der Waals surface area contributed by atoms with E-state index in [-0.39, 0.29) is 6.61 Å². The van der Waals surface area contributed by atoms with Crippen molar-refractivity contribution in [2.45, 2.75) is 26.0 Å². The number of aryl methyl sites for hydroxylation is 2. The molecule has 0 saturated heterocycles. The number of thiophene rings is 1. The monoisotopic (exact) mass is 201 g/mol. The molecule has 13 heavy (non-hydrogen) atoms. The zero-order chi connectivity index (χ0) is 10.0. The van der Waals surface area contributed by atoms with Gasteiger partial charge in [-0.2, -0.15) is 0 Å². The zero-order valence-corrected chi connectivity index (χ0v) is 8.64. The van der Waals surface area contributed by atoms with Gasteiger partial charge in [0, 0.05) is 9.75 Å². The molecule has 3 nitrogen and oxygen atoms in total. The van der Waals surface area contributed by atoms with Crippen molar-refractivity contribution in [3.05, 3.63) is 21.4 Å². The van der Waals surface area contributed by atoms with Crippen molar-refractivity contribution in [1.82, 2.24) is 0 Å². The van der Waals surface area contributed by atoms with Crippen molar-refractivity contribution >= 4 is 11.3 Å². The predicted octanol–water partition coefficient (Wildman–Crippen LogP) is 0.718. The van der Waals surface area contributed by atoms with Crippen LogP contribution in [0.15, 0.2) is 6.07 Å². The topological polar surface area (TPSA) is 66.5 Å². The fourth-order valence-corrected chi connectivity index (χ4v) is 2.24. The summed E-state index contributed by atoms with van der Waals surface area (Å²) in [7, 11) is 0. The van der Waals surface area contributed by atoms with Crippen molar-refractivity contribution < 1.29 is 10.2 Å². The second kappa shape index (κ2) is 4.19. The summed E-state index contributed by atoms with van der Waals surface area (Å²) in [5, 5.41) is 18.5. The first-order valence-electron chi connectivity index (χ1n) is 4.17. The quantitative estimate of drug-likeness (QED) is 0.675. The minimum atomic E-state index is -0.755. The standard InChI is InChI=1S/C9H15NO2S/c1-5-3-7(6(2)13-5)9(12)8(10)4-11/h3,8-9,11-12H,4,10H2,1-2H3. The molecule has 0 fully saturated rings. The Labute approximate surface area is 81.8 Å². The maximum absolute atomic E-state index is 9.70. The third-order valence-electron chi connectivity index (χ3n) is 2.01. The molecule has 0 saturated carbocycles. The smallest absolute Gasteiger partial charge is 0.0974 e. The van der Waals surface area contributed by atoms with Gasteiger partial charge in [-0.3, -0.25) is 0 Å². The molecule has 0 amide bonds. The van der Waals surface area contributed by atoms with Crippen molar-refractivity contribution in [2.75, 3.05) is 6.61 Å².